The molecule has 124 valence electrons. The monoisotopic (exact) mass is 341 g/mol. The van der Waals surface area contributed by atoms with Gasteiger partial charge < -0.3 is 10.2 Å². The van der Waals surface area contributed by atoms with Crippen LogP contribution in [0.3, 0.4) is 0 Å². The number of nitrogens with zero attached hydrogens (tertiary/aromatic N) is 2. The normalized spacial score (nSPS) is 10.1. The molecule has 0 aliphatic carbocycles. The Morgan fingerprint density at radius 2 is 1.92 bits per heavy atom. The van der Waals surface area contributed by atoms with Crippen LogP contribution in [0.2, 0.25) is 0 Å². The first-order valence-electron chi connectivity index (χ1n) is 7.44. The summed E-state index contributed by atoms with van der Waals surface area (Å²) in [6, 6.07) is 9.75. The van der Waals surface area contributed by atoms with Crippen molar-refractivity contribution in [2.24, 2.45) is 0 Å². The quantitative estimate of drug-likeness (QED) is 0.928. The average molecular weight is 341 g/mol. The molecule has 1 aromatic carbocycles. The fraction of sp³-hybridized carbons (Fsp3) is 0.278. The van der Waals surface area contributed by atoms with Crippen molar-refractivity contribution in [1.82, 2.24) is 4.90 Å². The number of amides is 2. The number of anilines is 1. The van der Waals surface area contributed by atoms with Crippen LogP contribution in [-0.4, -0.2) is 30.8 Å². The van der Waals surface area contributed by atoms with Crippen molar-refractivity contribution >= 4 is 28.2 Å². The number of carbonyl (C=O) groups is 2. The van der Waals surface area contributed by atoms with Gasteiger partial charge in [0.1, 0.15) is 11.1 Å². The Bertz CT molecular complexity index is 831. The van der Waals surface area contributed by atoms with E-state index in [9.17, 15) is 14.9 Å². The molecule has 1 N–H and O–H groups in total. The SMILES string of the molecule is Cc1ccccc1CC(=O)Nc1sc(C(=O)N(C)C)c(C)c1C#N. The molecule has 24 heavy (non-hydrogen) atoms. The standard InChI is InChI=1S/C18H19N3O2S/c1-11-7-5-6-8-13(11)9-15(22)20-17-14(10-19)12(2)16(24-17)18(23)21(3)4/h5-8H,9H2,1-4H3,(H,20,22). The molecule has 2 aromatic rings. The van der Waals surface area contributed by atoms with E-state index in [2.05, 4.69) is 11.4 Å². The van der Waals surface area contributed by atoms with Gasteiger partial charge in [0.25, 0.3) is 5.91 Å². The number of hydrogen-bond acceptors (Lipinski definition) is 4. The molecule has 1 aromatic heterocycles. The summed E-state index contributed by atoms with van der Waals surface area (Å²) in [6.07, 6.45) is 0.228. The number of nitriles is 1. The van der Waals surface area contributed by atoms with Crippen LogP contribution in [0.1, 0.15) is 31.9 Å². The molecule has 6 heteroatoms. The summed E-state index contributed by atoms with van der Waals surface area (Å²) >= 11 is 1.14. The lowest BCUT2D eigenvalue weighted by molar-refractivity contribution is -0.115. The summed E-state index contributed by atoms with van der Waals surface area (Å²) < 4.78 is 0. The summed E-state index contributed by atoms with van der Waals surface area (Å²) in [7, 11) is 3.31. The minimum absolute atomic E-state index is 0.173. The van der Waals surface area contributed by atoms with Crippen molar-refractivity contribution in [1.29, 1.82) is 5.26 Å². The molecule has 0 radical (unpaired) electrons. The highest BCUT2D eigenvalue weighted by atomic mass is 32.1. The van der Waals surface area contributed by atoms with Gasteiger partial charge in [0.2, 0.25) is 5.91 Å². The maximum Gasteiger partial charge on any atom is 0.263 e. The molecule has 0 spiro atoms. The lowest BCUT2D eigenvalue weighted by Crippen LogP contribution is -2.21. The van der Waals surface area contributed by atoms with Crippen LogP contribution in [0.4, 0.5) is 5.00 Å². The lowest BCUT2D eigenvalue weighted by Gasteiger charge is -2.08. The second-order valence-electron chi connectivity index (χ2n) is 5.72. The molecule has 0 atom stereocenters. The Morgan fingerprint density at radius 1 is 1.25 bits per heavy atom. The predicted octanol–water partition coefficient (Wildman–Crippen LogP) is 3.12. The first-order valence-corrected chi connectivity index (χ1v) is 8.26. The van der Waals surface area contributed by atoms with Crippen LogP contribution in [0.5, 0.6) is 0 Å². The van der Waals surface area contributed by atoms with Crippen LogP contribution >= 0.6 is 11.3 Å². The molecule has 0 aliphatic rings. The lowest BCUT2D eigenvalue weighted by atomic mass is 10.1. The van der Waals surface area contributed by atoms with Crippen LogP contribution in [0, 0.1) is 25.2 Å². The van der Waals surface area contributed by atoms with E-state index in [0.29, 0.717) is 21.0 Å². The van der Waals surface area contributed by atoms with Crippen molar-refractivity contribution in [2.45, 2.75) is 20.3 Å². The number of carbonyl (C=O) groups excluding carboxylic acids is 2. The van der Waals surface area contributed by atoms with Crippen LogP contribution in [0.25, 0.3) is 0 Å². The predicted molar refractivity (Wildman–Crippen MR) is 95.3 cm³/mol. The second-order valence-corrected chi connectivity index (χ2v) is 6.74. The first kappa shape index (κ1) is 17.7. The van der Waals surface area contributed by atoms with Gasteiger partial charge in [-0.25, -0.2) is 0 Å². The highest BCUT2D eigenvalue weighted by molar-refractivity contribution is 7.18. The Morgan fingerprint density at radius 3 is 2.50 bits per heavy atom. The smallest absolute Gasteiger partial charge is 0.263 e. The van der Waals surface area contributed by atoms with Crippen molar-refractivity contribution in [2.75, 3.05) is 19.4 Å². The summed E-state index contributed by atoms with van der Waals surface area (Å²) in [4.78, 5) is 26.4. The maximum atomic E-state index is 12.3. The van der Waals surface area contributed by atoms with E-state index in [1.807, 2.05) is 31.2 Å². The van der Waals surface area contributed by atoms with Gasteiger partial charge in [-0.15, -0.1) is 11.3 Å². The van der Waals surface area contributed by atoms with Gasteiger partial charge in [-0.3, -0.25) is 9.59 Å². The Balaban J connectivity index is 2.25. The average Bonchev–Trinajstić information content (AvgIpc) is 2.84. The van der Waals surface area contributed by atoms with Crippen molar-refractivity contribution < 1.29 is 9.59 Å². The van der Waals surface area contributed by atoms with E-state index in [1.54, 1.807) is 21.0 Å². The van der Waals surface area contributed by atoms with Crippen molar-refractivity contribution in [3.8, 4) is 6.07 Å². The Labute approximate surface area is 145 Å². The van der Waals surface area contributed by atoms with Gasteiger partial charge in [0.15, 0.2) is 0 Å². The summed E-state index contributed by atoms with van der Waals surface area (Å²) in [5.74, 6) is -0.376. The zero-order valence-corrected chi connectivity index (χ0v) is 15.0. The zero-order chi connectivity index (χ0) is 17.9. The molecule has 2 rings (SSSR count). The molecule has 0 unspecified atom stereocenters. The third kappa shape index (κ3) is 3.63. The Kier molecular flexibility index (Phi) is 5.37. The first-order chi connectivity index (χ1) is 11.3. The van der Waals surface area contributed by atoms with Gasteiger partial charge in [0, 0.05) is 14.1 Å². The van der Waals surface area contributed by atoms with Crippen molar-refractivity contribution in [3.05, 3.63) is 51.4 Å². The van der Waals surface area contributed by atoms with Gasteiger partial charge in [-0.1, -0.05) is 24.3 Å². The molecule has 0 saturated heterocycles. The minimum atomic E-state index is -0.203. The topological polar surface area (TPSA) is 73.2 Å². The molecule has 0 bridgehead atoms. The molecule has 5 nitrogen and oxygen atoms in total. The third-order valence-electron chi connectivity index (χ3n) is 3.72. The summed E-state index contributed by atoms with van der Waals surface area (Å²) in [5.41, 5.74) is 2.93. The summed E-state index contributed by atoms with van der Waals surface area (Å²) in [5, 5.41) is 12.6. The molecular weight excluding hydrogens is 322 g/mol. The van der Waals surface area contributed by atoms with E-state index in [4.69, 9.17) is 0 Å². The minimum Gasteiger partial charge on any atom is -0.344 e. The second kappa shape index (κ2) is 7.28. The van der Waals surface area contributed by atoms with Gasteiger partial charge >= 0.3 is 0 Å². The van der Waals surface area contributed by atoms with Crippen LogP contribution in [0.15, 0.2) is 24.3 Å². The molecule has 0 aliphatic heterocycles. The number of rotatable bonds is 4. The van der Waals surface area contributed by atoms with E-state index in [1.165, 1.54) is 4.90 Å². The molecule has 0 saturated carbocycles. The van der Waals surface area contributed by atoms with E-state index in [0.717, 1.165) is 22.5 Å². The maximum absolute atomic E-state index is 12.3. The molecular formula is C18H19N3O2S. The third-order valence-corrected chi connectivity index (χ3v) is 4.92. The van der Waals surface area contributed by atoms with Gasteiger partial charge in [0.05, 0.1) is 16.9 Å². The van der Waals surface area contributed by atoms with E-state index in [-0.39, 0.29) is 18.2 Å². The van der Waals surface area contributed by atoms with Crippen LogP contribution in [-0.2, 0) is 11.2 Å². The van der Waals surface area contributed by atoms with Gasteiger partial charge in [-0.2, -0.15) is 5.26 Å². The highest BCUT2D eigenvalue weighted by Gasteiger charge is 2.22. The molecule has 2 amide bonds. The largest absolute Gasteiger partial charge is 0.344 e. The molecule has 0 fully saturated rings. The number of benzene rings is 1. The Hall–Kier alpha value is -2.65. The number of nitrogens with one attached hydrogen (secondary N) is 1. The zero-order valence-electron chi connectivity index (χ0n) is 14.1. The van der Waals surface area contributed by atoms with Crippen molar-refractivity contribution in [3.63, 3.8) is 0 Å². The number of thiophene rings is 1. The fourth-order valence-electron chi connectivity index (χ4n) is 2.30. The van der Waals surface area contributed by atoms with Crippen LogP contribution < -0.4 is 5.32 Å². The van der Waals surface area contributed by atoms with E-state index >= 15 is 0 Å². The highest BCUT2D eigenvalue weighted by Crippen LogP contribution is 2.33. The number of aryl methyl sites for hydroxylation is 1. The van der Waals surface area contributed by atoms with E-state index < -0.39 is 0 Å². The van der Waals surface area contributed by atoms with Gasteiger partial charge in [-0.05, 0) is 30.5 Å². The fourth-order valence-corrected chi connectivity index (χ4v) is 3.49. The summed E-state index contributed by atoms with van der Waals surface area (Å²) in [6.45, 7) is 3.68. The number of hydrogen-bond donors (Lipinski definition) is 1. The molecule has 1 heterocycles.